The standard InChI is InChI=1S/C10H20O3/c1-4-13-10(12)7-9(11)6-5-8(2)3/h8-9,11H,4-7H2,1-3H3. The molecule has 0 aliphatic carbocycles. The van der Waals surface area contributed by atoms with Gasteiger partial charge in [-0.05, 0) is 25.7 Å². The lowest BCUT2D eigenvalue weighted by molar-refractivity contribution is -0.145. The lowest BCUT2D eigenvalue weighted by Gasteiger charge is -2.10. The molecule has 0 aromatic rings. The van der Waals surface area contributed by atoms with E-state index in [-0.39, 0.29) is 12.4 Å². The van der Waals surface area contributed by atoms with E-state index in [0.717, 1.165) is 6.42 Å². The molecule has 0 heterocycles. The van der Waals surface area contributed by atoms with Crippen LogP contribution in [0.25, 0.3) is 0 Å². The van der Waals surface area contributed by atoms with Crippen molar-refractivity contribution in [3.8, 4) is 0 Å². The van der Waals surface area contributed by atoms with Gasteiger partial charge in [0.05, 0.1) is 19.1 Å². The van der Waals surface area contributed by atoms with Crippen LogP contribution in [0.2, 0.25) is 0 Å². The van der Waals surface area contributed by atoms with E-state index in [9.17, 15) is 9.90 Å². The van der Waals surface area contributed by atoms with Gasteiger partial charge in [0.25, 0.3) is 0 Å². The maximum Gasteiger partial charge on any atom is 0.308 e. The molecule has 3 nitrogen and oxygen atoms in total. The fraction of sp³-hybridized carbons (Fsp3) is 0.900. The van der Waals surface area contributed by atoms with Gasteiger partial charge in [0, 0.05) is 0 Å². The summed E-state index contributed by atoms with van der Waals surface area (Å²) in [7, 11) is 0. The highest BCUT2D eigenvalue weighted by atomic mass is 16.5. The third kappa shape index (κ3) is 7.78. The number of hydrogen-bond acceptors (Lipinski definition) is 3. The smallest absolute Gasteiger partial charge is 0.308 e. The number of aliphatic hydroxyl groups is 1. The van der Waals surface area contributed by atoms with Crippen LogP contribution < -0.4 is 0 Å². The van der Waals surface area contributed by atoms with Gasteiger partial charge >= 0.3 is 5.97 Å². The first-order chi connectivity index (χ1) is 6.06. The van der Waals surface area contributed by atoms with Crippen LogP contribution in [0, 0.1) is 5.92 Å². The summed E-state index contributed by atoms with van der Waals surface area (Å²) in [6.45, 7) is 6.34. The van der Waals surface area contributed by atoms with Crippen molar-refractivity contribution in [1.29, 1.82) is 0 Å². The molecule has 0 fully saturated rings. The highest BCUT2D eigenvalue weighted by molar-refractivity contribution is 5.69. The topological polar surface area (TPSA) is 46.5 Å². The van der Waals surface area contributed by atoms with E-state index in [1.165, 1.54) is 0 Å². The Hall–Kier alpha value is -0.570. The zero-order chi connectivity index (χ0) is 10.3. The molecule has 0 aliphatic rings. The molecule has 0 spiro atoms. The molecule has 1 unspecified atom stereocenters. The number of hydrogen-bond donors (Lipinski definition) is 1. The SMILES string of the molecule is CCOC(=O)CC(O)CCC(C)C. The Morgan fingerprint density at radius 1 is 1.38 bits per heavy atom. The summed E-state index contributed by atoms with van der Waals surface area (Å²) in [6, 6.07) is 0. The van der Waals surface area contributed by atoms with Gasteiger partial charge in [-0.3, -0.25) is 4.79 Å². The fourth-order valence-electron chi connectivity index (χ4n) is 1.04. The second-order valence-corrected chi connectivity index (χ2v) is 3.63. The molecule has 0 aliphatic heterocycles. The first-order valence-corrected chi connectivity index (χ1v) is 4.90. The Balaban J connectivity index is 3.49. The first-order valence-electron chi connectivity index (χ1n) is 4.90. The Morgan fingerprint density at radius 3 is 2.46 bits per heavy atom. The molecule has 0 saturated heterocycles. The van der Waals surface area contributed by atoms with Gasteiger partial charge in [0.2, 0.25) is 0 Å². The first kappa shape index (κ1) is 12.4. The summed E-state index contributed by atoms with van der Waals surface area (Å²) in [4.78, 5) is 10.9. The quantitative estimate of drug-likeness (QED) is 0.646. The predicted molar refractivity (Wildman–Crippen MR) is 51.3 cm³/mol. The molecule has 1 N–H and O–H groups in total. The molecule has 78 valence electrons. The monoisotopic (exact) mass is 188 g/mol. The van der Waals surface area contributed by atoms with Gasteiger partial charge in [-0.1, -0.05) is 13.8 Å². The average molecular weight is 188 g/mol. The Morgan fingerprint density at radius 2 is 2.00 bits per heavy atom. The molecule has 0 rings (SSSR count). The van der Waals surface area contributed by atoms with Gasteiger partial charge < -0.3 is 9.84 Å². The number of carbonyl (C=O) groups is 1. The van der Waals surface area contributed by atoms with Crippen LogP contribution in [-0.4, -0.2) is 23.8 Å². The minimum absolute atomic E-state index is 0.126. The van der Waals surface area contributed by atoms with E-state index < -0.39 is 6.10 Å². The van der Waals surface area contributed by atoms with Gasteiger partial charge in [-0.2, -0.15) is 0 Å². The summed E-state index contributed by atoms with van der Waals surface area (Å²) < 4.78 is 4.72. The van der Waals surface area contributed by atoms with Gasteiger partial charge in [0.1, 0.15) is 0 Å². The number of ether oxygens (including phenoxy) is 1. The molecular weight excluding hydrogens is 168 g/mol. The predicted octanol–water partition coefficient (Wildman–Crippen LogP) is 1.74. The second-order valence-electron chi connectivity index (χ2n) is 3.63. The van der Waals surface area contributed by atoms with Crippen LogP contribution in [-0.2, 0) is 9.53 Å². The van der Waals surface area contributed by atoms with Crippen molar-refractivity contribution >= 4 is 5.97 Å². The van der Waals surface area contributed by atoms with Crippen molar-refractivity contribution in [2.24, 2.45) is 5.92 Å². The number of esters is 1. The highest BCUT2D eigenvalue weighted by Crippen LogP contribution is 2.09. The van der Waals surface area contributed by atoms with Crippen LogP contribution in [0.4, 0.5) is 0 Å². The van der Waals surface area contributed by atoms with Crippen LogP contribution in [0.1, 0.15) is 40.0 Å². The van der Waals surface area contributed by atoms with Gasteiger partial charge in [0.15, 0.2) is 0 Å². The number of carbonyl (C=O) groups excluding carboxylic acids is 1. The van der Waals surface area contributed by atoms with Crippen molar-refractivity contribution in [3.05, 3.63) is 0 Å². The summed E-state index contributed by atoms with van der Waals surface area (Å²) >= 11 is 0. The molecule has 0 aromatic heterocycles. The molecular formula is C10H20O3. The number of aliphatic hydroxyl groups excluding tert-OH is 1. The van der Waals surface area contributed by atoms with Crippen molar-refractivity contribution in [3.63, 3.8) is 0 Å². The van der Waals surface area contributed by atoms with E-state index >= 15 is 0 Å². The van der Waals surface area contributed by atoms with Crippen LogP contribution in [0.3, 0.4) is 0 Å². The van der Waals surface area contributed by atoms with Crippen molar-refractivity contribution in [1.82, 2.24) is 0 Å². The number of rotatable bonds is 6. The van der Waals surface area contributed by atoms with Crippen molar-refractivity contribution < 1.29 is 14.6 Å². The third-order valence-electron chi connectivity index (χ3n) is 1.78. The van der Waals surface area contributed by atoms with Gasteiger partial charge in [-0.25, -0.2) is 0 Å². The molecule has 3 heteroatoms. The third-order valence-corrected chi connectivity index (χ3v) is 1.78. The van der Waals surface area contributed by atoms with Gasteiger partial charge in [-0.15, -0.1) is 0 Å². The molecule has 0 saturated carbocycles. The van der Waals surface area contributed by atoms with E-state index in [2.05, 4.69) is 13.8 Å². The molecule has 0 bridgehead atoms. The molecule has 0 aromatic carbocycles. The summed E-state index contributed by atoms with van der Waals surface area (Å²) in [5, 5.41) is 9.39. The van der Waals surface area contributed by atoms with E-state index in [0.29, 0.717) is 18.9 Å². The van der Waals surface area contributed by atoms with E-state index in [1.807, 2.05) is 0 Å². The normalized spacial score (nSPS) is 13.0. The maximum absolute atomic E-state index is 10.9. The lowest BCUT2D eigenvalue weighted by atomic mass is 10.0. The minimum atomic E-state index is -0.540. The fourth-order valence-corrected chi connectivity index (χ4v) is 1.04. The maximum atomic E-state index is 10.9. The molecule has 13 heavy (non-hydrogen) atoms. The Kier molecular flexibility index (Phi) is 6.59. The van der Waals surface area contributed by atoms with Crippen molar-refractivity contribution in [2.45, 2.75) is 46.1 Å². The zero-order valence-electron chi connectivity index (χ0n) is 8.75. The summed E-state index contributed by atoms with van der Waals surface area (Å²) in [5.74, 6) is 0.260. The van der Waals surface area contributed by atoms with E-state index in [1.54, 1.807) is 6.92 Å². The average Bonchev–Trinajstić information content (AvgIpc) is 2.01. The lowest BCUT2D eigenvalue weighted by Crippen LogP contribution is -2.16. The minimum Gasteiger partial charge on any atom is -0.466 e. The van der Waals surface area contributed by atoms with E-state index in [4.69, 9.17) is 4.74 Å². The summed E-state index contributed by atoms with van der Waals surface area (Å²) in [5.41, 5.74) is 0. The Bertz CT molecular complexity index is 143. The largest absolute Gasteiger partial charge is 0.466 e. The summed E-state index contributed by atoms with van der Waals surface area (Å²) in [6.07, 6.45) is 1.21. The van der Waals surface area contributed by atoms with Crippen LogP contribution >= 0.6 is 0 Å². The molecule has 0 radical (unpaired) electrons. The van der Waals surface area contributed by atoms with Crippen molar-refractivity contribution in [2.75, 3.05) is 6.61 Å². The van der Waals surface area contributed by atoms with Crippen LogP contribution in [0.15, 0.2) is 0 Å². The highest BCUT2D eigenvalue weighted by Gasteiger charge is 2.11. The second kappa shape index (κ2) is 6.89. The zero-order valence-corrected chi connectivity index (χ0v) is 8.75. The Labute approximate surface area is 80.1 Å². The van der Waals surface area contributed by atoms with Crippen LogP contribution in [0.5, 0.6) is 0 Å². The molecule has 0 amide bonds. The molecule has 1 atom stereocenters.